The average molecular weight is 294 g/mol. The Labute approximate surface area is 119 Å². The third-order valence-corrected chi connectivity index (χ3v) is 2.91. The zero-order valence-corrected chi connectivity index (χ0v) is 11.4. The van der Waals surface area contributed by atoms with Gasteiger partial charge in [0.15, 0.2) is 0 Å². The molecule has 1 aromatic carbocycles. The fraction of sp³-hybridized carbons (Fsp3) is 0.143. The maximum Gasteiger partial charge on any atom is 0.355 e. The molecular weight excluding hydrogens is 282 g/mol. The summed E-state index contributed by atoms with van der Waals surface area (Å²) in [4.78, 5) is 25.5. The summed E-state index contributed by atoms with van der Waals surface area (Å²) < 4.78 is 4.95. The Morgan fingerprint density at radius 2 is 2.20 bits per heavy atom. The van der Waals surface area contributed by atoms with Crippen LogP contribution in [0.15, 0.2) is 24.3 Å². The Kier molecular flexibility index (Phi) is 4.10. The molecule has 0 spiro atoms. The number of aliphatic carboxylic acids is 1. The zero-order chi connectivity index (χ0) is 14.7. The maximum absolute atomic E-state index is 11.9. The monoisotopic (exact) mass is 293 g/mol. The molecule has 0 aliphatic rings. The van der Waals surface area contributed by atoms with Crippen LogP contribution >= 0.6 is 11.6 Å². The van der Waals surface area contributed by atoms with Gasteiger partial charge in [-0.1, -0.05) is 11.6 Å². The van der Waals surface area contributed by atoms with E-state index < -0.39 is 11.9 Å². The Balaban J connectivity index is 2.63. The average Bonchev–Trinajstić information content (AvgIpc) is 2.74. The van der Waals surface area contributed by atoms with Crippen LogP contribution in [0.25, 0.3) is 17.0 Å². The van der Waals surface area contributed by atoms with Crippen molar-refractivity contribution < 1.29 is 19.4 Å². The molecule has 6 heteroatoms. The predicted octanol–water partition coefficient (Wildman–Crippen LogP) is 3.10. The van der Waals surface area contributed by atoms with Crippen LogP contribution < -0.4 is 0 Å². The standard InChI is InChI=1S/C14H12ClNO4/c1-2-20-14(19)13-9(4-6-12(17)18)10-7-8(15)3-5-11(10)16-13/h3-7,16H,2H2,1H3,(H,17,18)/b6-4+. The van der Waals surface area contributed by atoms with Gasteiger partial charge in [-0.25, -0.2) is 9.59 Å². The Hall–Kier alpha value is -2.27. The molecule has 2 N–H and O–H groups in total. The summed E-state index contributed by atoms with van der Waals surface area (Å²) >= 11 is 5.93. The molecule has 0 atom stereocenters. The number of rotatable bonds is 4. The SMILES string of the molecule is CCOC(=O)c1[nH]c2ccc(Cl)cc2c1/C=C/C(=O)O. The number of benzene rings is 1. The summed E-state index contributed by atoms with van der Waals surface area (Å²) in [6.07, 6.45) is 2.32. The van der Waals surface area contributed by atoms with Crippen molar-refractivity contribution in [2.45, 2.75) is 6.92 Å². The van der Waals surface area contributed by atoms with E-state index in [-0.39, 0.29) is 12.3 Å². The van der Waals surface area contributed by atoms with Gasteiger partial charge in [0.1, 0.15) is 5.69 Å². The van der Waals surface area contributed by atoms with Crippen molar-refractivity contribution in [3.8, 4) is 0 Å². The van der Waals surface area contributed by atoms with Crippen molar-refractivity contribution in [2.24, 2.45) is 0 Å². The van der Waals surface area contributed by atoms with E-state index in [2.05, 4.69) is 4.98 Å². The van der Waals surface area contributed by atoms with Crippen LogP contribution in [0.4, 0.5) is 0 Å². The Morgan fingerprint density at radius 1 is 1.45 bits per heavy atom. The van der Waals surface area contributed by atoms with Gasteiger partial charge < -0.3 is 14.8 Å². The highest BCUT2D eigenvalue weighted by Crippen LogP contribution is 2.27. The van der Waals surface area contributed by atoms with Gasteiger partial charge in [0.2, 0.25) is 0 Å². The molecule has 1 aromatic heterocycles. The van der Waals surface area contributed by atoms with Crippen LogP contribution in [-0.4, -0.2) is 28.6 Å². The van der Waals surface area contributed by atoms with Crippen LogP contribution in [0.3, 0.4) is 0 Å². The molecule has 5 nitrogen and oxygen atoms in total. The van der Waals surface area contributed by atoms with Crippen molar-refractivity contribution in [3.05, 3.63) is 40.6 Å². The van der Waals surface area contributed by atoms with Gasteiger partial charge >= 0.3 is 11.9 Å². The maximum atomic E-state index is 11.9. The van der Waals surface area contributed by atoms with E-state index in [0.29, 0.717) is 21.5 Å². The quantitative estimate of drug-likeness (QED) is 0.670. The molecule has 0 unspecified atom stereocenters. The summed E-state index contributed by atoms with van der Waals surface area (Å²) in [6, 6.07) is 5.07. The van der Waals surface area contributed by atoms with Crippen LogP contribution in [0.1, 0.15) is 23.0 Å². The van der Waals surface area contributed by atoms with Crippen molar-refractivity contribution in [2.75, 3.05) is 6.61 Å². The van der Waals surface area contributed by atoms with Crippen molar-refractivity contribution >= 4 is 40.5 Å². The number of carbonyl (C=O) groups excluding carboxylic acids is 1. The number of carboxylic acid groups (broad SMARTS) is 1. The first-order valence-electron chi connectivity index (χ1n) is 5.92. The number of fused-ring (bicyclic) bond motifs is 1. The predicted molar refractivity (Wildman–Crippen MR) is 75.9 cm³/mol. The van der Waals surface area contributed by atoms with Crippen LogP contribution in [0, 0.1) is 0 Å². The van der Waals surface area contributed by atoms with Crippen LogP contribution in [-0.2, 0) is 9.53 Å². The molecule has 0 aliphatic heterocycles. The molecule has 0 aliphatic carbocycles. The van der Waals surface area contributed by atoms with Crippen molar-refractivity contribution in [3.63, 3.8) is 0 Å². The van der Waals surface area contributed by atoms with E-state index in [9.17, 15) is 9.59 Å². The van der Waals surface area contributed by atoms with E-state index in [1.807, 2.05) is 0 Å². The van der Waals surface area contributed by atoms with Gasteiger partial charge in [-0.15, -0.1) is 0 Å². The summed E-state index contributed by atoms with van der Waals surface area (Å²) in [7, 11) is 0. The van der Waals surface area contributed by atoms with E-state index in [1.54, 1.807) is 25.1 Å². The number of halogens is 1. The molecule has 0 fully saturated rings. The molecule has 2 aromatic rings. The number of carbonyl (C=O) groups is 2. The second-order valence-corrected chi connectivity index (χ2v) is 4.43. The fourth-order valence-corrected chi connectivity index (χ4v) is 2.05. The number of nitrogens with one attached hydrogen (secondary N) is 1. The number of hydrogen-bond donors (Lipinski definition) is 2. The van der Waals surface area contributed by atoms with E-state index in [1.165, 1.54) is 6.08 Å². The molecule has 20 heavy (non-hydrogen) atoms. The third-order valence-electron chi connectivity index (χ3n) is 2.67. The molecule has 0 saturated heterocycles. The minimum absolute atomic E-state index is 0.210. The van der Waals surface area contributed by atoms with Gasteiger partial charge in [0.05, 0.1) is 6.61 Å². The lowest BCUT2D eigenvalue weighted by Crippen LogP contribution is -2.06. The molecular formula is C14H12ClNO4. The number of aromatic nitrogens is 1. The van der Waals surface area contributed by atoms with Gasteiger partial charge in [-0.05, 0) is 31.2 Å². The lowest BCUT2D eigenvalue weighted by Gasteiger charge is -2.00. The van der Waals surface area contributed by atoms with E-state index in [4.69, 9.17) is 21.4 Å². The summed E-state index contributed by atoms with van der Waals surface area (Å²) in [6.45, 7) is 1.93. The largest absolute Gasteiger partial charge is 0.478 e. The molecule has 0 bridgehead atoms. The number of carboxylic acids is 1. The summed E-state index contributed by atoms with van der Waals surface area (Å²) in [5, 5.41) is 9.89. The second kappa shape index (κ2) is 5.79. The molecule has 0 saturated carbocycles. The molecule has 2 rings (SSSR count). The number of ether oxygens (including phenoxy) is 1. The Bertz CT molecular complexity index is 703. The lowest BCUT2D eigenvalue weighted by molar-refractivity contribution is -0.131. The highest BCUT2D eigenvalue weighted by atomic mass is 35.5. The van der Waals surface area contributed by atoms with Gasteiger partial charge in [-0.3, -0.25) is 0 Å². The topological polar surface area (TPSA) is 79.4 Å². The van der Waals surface area contributed by atoms with Crippen LogP contribution in [0.5, 0.6) is 0 Å². The minimum Gasteiger partial charge on any atom is -0.478 e. The summed E-state index contributed by atoms with van der Waals surface area (Å²) in [5.41, 5.74) is 1.34. The smallest absolute Gasteiger partial charge is 0.355 e. The summed E-state index contributed by atoms with van der Waals surface area (Å²) in [5.74, 6) is -1.64. The lowest BCUT2D eigenvalue weighted by atomic mass is 10.1. The number of aromatic amines is 1. The molecule has 1 heterocycles. The van der Waals surface area contributed by atoms with Gasteiger partial charge in [0.25, 0.3) is 0 Å². The van der Waals surface area contributed by atoms with Crippen LogP contribution in [0.2, 0.25) is 5.02 Å². The Morgan fingerprint density at radius 3 is 2.85 bits per heavy atom. The highest BCUT2D eigenvalue weighted by molar-refractivity contribution is 6.31. The first-order valence-corrected chi connectivity index (χ1v) is 6.30. The first kappa shape index (κ1) is 14.1. The van der Waals surface area contributed by atoms with Gasteiger partial charge in [-0.2, -0.15) is 0 Å². The first-order chi connectivity index (χ1) is 9.52. The van der Waals surface area contributed by atoms with E-state index in [0.717, 1.165) is 6.08 Å². The third kappa shape index (κ3) is 2.83. The fourth-order valence-electron chi connectivity index (χ4n) is 1.88. The highest BCUT2D eigenvalue weighted by Gasteiger charge is 2.17. The second-order valence-electron chi connectivity index (χ2n) is 4.00. The zero-order valence-electron chi connectivity index (χ0n) is 10.6. The number of esters is 1. The van der Waals surface area contributed by atoms with Gasteiger partial charge in [0, 0.05) is 27.6 Å². The molecule has 0 radical (unpaired) electrons. The molecule has 0 amide bonds. The number of hydrogen-bond acceptors (Lipinski definition) is 3. The minimum atomic E-state index is -1.10. The van der Waals surface area contributed by atoms with E-state index >= 15 is 0 Å². The molecule has 104 valence electrons. The number of H-pyrrole nitrogens is 1. The van der Waals surface area contributed by atoms with Crippen molar-refractivity contribution in [1.82, 2.24) is 4.98 Å². The van der Waals surface area contributed by atoms with Crippen molar-refractivity contribution in [1.29, 1.82) is 0 Å². The normalized spacial score (nSPS) is 11.1.